The summed E-state index contributed by atoms with van der Waals surface area (Å²) in [4.78, 5) is 0.181. The second-order valence-corrected chi connectivity index (χ2v) is 6.90. The van der Waals surface area contributed by atoms with Gasteiger partial charge in [-0.05, 0) is 41.2 Å². The van der Waals surface area contributed by atoms with Gasteiger partial charge in [-0.15, -0.1) is 0 Å². The molecule has 2 aromatic rings. The van der Waals surface area contributed by atoms with Crippen molar-refractivity contribution in [1.29, 1.82) is 0 Å². The molecule has 7 heteroatoms. The summed E-state index contributed by atoms with van der Waals surface area (Å²) in [6, 6.07) is 4.90. The van der Waals surface area contributed by atoms with Gasteiger partial charge in [0, 0.05) is 13.1 Å². The molecule has 0 radical (unpaired) electrons. The van der Waals surface area contributed by atoms with E-state index in [1.165, 1.54) is 4.31 Å². The average molecular weight is 281 g/mol. The fraction of sp³-hybridized carbons (Fsp3) is 0.500. The molecule has 19 heavy (non-hydrogen) atoms. The van der Waals surface area contributed by atoms with Crippen molar-refractivity contribution in [2.45, 2.75) is 24.7 Å². The standard InChI is InChI=1S/C12H15N3O3S/c1-9-4-3-7-15(8-9)19(16,17)11-6-2-5-10-12(11)14-18-13-10/h2,5-6,9H,3-4,7-8H2,1H3/t9-/m0/s1. The molecule has 1 aliphatic rings. The highest BCUT2D eigenvalue weighted by Crippen LogP contribution is 2.27. The molecule has 1 saturated heterocycles. The number of fused-ring (bicyclic) bond motifs is 1. The topological polar surface area (TPSA) is 76.3 Å². The fourth-order valence-corrected chi connectivity index (χ4v) is 4.23. The molecule has 1 aliphatic heterocycles. The Kier molecular flexibility index (Phi) is 3.02. The molecule has 2 heterocycles. The molecule has 1 aromatic heterocycles. The number of sulfonamides is 1. The number of hydrogen-bond acceptors (Lipinski definition) is 5. The van der Waals surface area contributed by atoms with Gasteiger partial charge in [-0.2, -0.15) is 4.31 Å². The lowest BCUT2D eigenvalue weighted by Crippen LogP contribution is -2.39. The van der Waals surface area contributed by atoms with E-state index in [2.05, 4.69) is 21.9 Å². The minimum absolute atomic E-state index is 0.181. The van der Waals surface area contributed by atoms with Crippen molar-refractivity contribution < 1.29 is 13.0 Å². The molecule has 0 aliphatic carbocycles. The van der Waals surface area contributed by atoms with Crippen LogP contribution in [0.25, 0.3) is 11.0 Å². The van der Waals surface area contributed by atoms with Gasteiger partial charge in [0.25, 0.3) is 0 Å². The molecule has 0 spiro atoms. The summed E-state index contributed by atoms with van der Waals surface area (Å²) in [5.74, 6) is 0.387. The predicted molar refractivity (Wildman–Crippen MR) is 69.0 cm³/mol. The largest absolute Gasteiger partial charge is 0.245 e. The van der Waals surface area contributed by atoms with Crippen LogP contribution < -0.4 is 0 Å². The monoisotopic (exact) mass is 281 g/mol. The van der Waals surface area contributed by atoms with Gasteiger partial charge in [0.05, 0.1) is 0 Å². The second-order valence-electron chi connectivity index (χ2n) is 5.00. The van der Waals surface area contributed by atoms with Crippen molar-refractivity contribution in [1.82, 2.24) is 14.6 Å². The van der Waals surface area contributed by atoms with E-state index < -0.39 is 10.0 Å². The van der Waals surface area contributed by atoms with Crippen molar-refractivity contribution in [3.63, 3.8) is 0 Å². The Bertz CT molecular complexity index is 695. The van der Waals surface area contributed by atoms with E-state index in [0.717, 1.165) is 12.8 Å². The van der Waals surface area contributed by atoms with Crippen LogP contribution in [-0.4, -0.2) is 36.1 Å². The van der Waals surface area contributed by atoms with Gasteiger partial charge in [0.1, 0.15) is 10.4 Å². The maximum absolute atomic E-state index is 12.7. The molecular formula is C12H15N3O3S. The molecule has 0 bridgehead atoms. The summed E-state index contributed by atoms with van der Waals surface area (Å²) in [5, 5.41) is 7.39. The van der Waals surface area contributed by atoms with Gasteiger partial charge in [0.15, 0.2) is 5.52 Å². The van der Waals surface area contributed by atoms with Crippen LogP contribution in [0.5, 0.6) is 0 Å². The van der Waals surface area contributed by atoms with E-state index in [1.807, 2.05) is 0 Å². The van der Waals surface area contributed by atoms with Crippen molar-refractivity contribution in [2.24, 2.45) is 5.92 Å². The van der Waals surface area contributed by atoms with Crippen molar-refractivity contribution in [3.05, 3.63) is 18.2 Å². The molecule has 0 amide bonds. The van der Waals surface area contributed by atoms with Crippen LogP contribution in [0.2, 0.25) is 0 Å². The van der Waals surface area contributed by atoms with Gasteiger partial charge in [-0.3, -0.25) is 0 Å². The Morgan fingerprint density at radius 1 is 1.37 bits per heavy atom. The number of rotatable bonds is 2. The van der Waals surface area contributed by atoms with Gasteiger partial charge >= 0.3 is 0 Å². The van der Waals surface area contributed by atoms with E-state index in [9.17, 15) is 8.42 Å². The number of piperidine rings is 1. The van der Waals surface area contributed by atoms with Crippen molar-refractivity contribution in [3.8, 4) is 0 Å². The fourth-order valence-electron chi connectivity index (χ4n) is 2.49. The molecule has 0 saturated carbocycles. The highest BCUT2D eigenvalue weighted by molar-refractivity contribution is 7.89. The average Bonchev–Trinajstić information content (AvgIpc) is 2.86. The number of hydrogen-bond donors (Lipinski definition) is 0. The van der Waals surface area contributed by atoms with E-state index in [1.54, 1.807) is 18.2 Å². The maximum Gasteiger partial charge on any atom is 0.245 e. The van der Waals surface area contributed by atoms with Crippen LogP contribution in [0, 0.1) is 5.92 Å². The summed E-state index contributed by atoms with van der Waals surface area (Å²) < 4.78 is 31.5. The van der Waals surface area contributed by atoms with Crippen LogP contribution in [0.3, 0.4) is 0 Å². The molecule has 3 rings (SSSR count). The first-order valence-electron chi connectivity index (χ1n) is 6.30. The summed E-state index contributed by atoms with van der Waals surface area (Å²) in [6.45, 7) is 3.19. The third-order valence-electron chi connectivity index (χ3n) is 3.49. The quantitative estimate of drug-likeness (QED) is 0.836. The van der Waals surface area contributed by atoms with E-state index in [4.69, 9.17) is 0 Å². The first kappa shape index (κ1) is 12.6. The number of aromatic nitrogens is 2. The SMILES string of the molecule is C[C@H]1CCCN(S(=O)(=O)c2cccc3nonc23)C1. The Balaban J connectivity index is 2.06. The first-order valence-corrected chi connectivity index (χ1v) is 7.74. The Morgan fingerprint density at radius 3 is 3.00 bits per heavy atom. The summed E-state index contributed by atoms with van der Waals surface area (Å²) in [5.41, 5.74) is 0.770. The Hall–Kier alpha value is -1.47. The van der Waals surface area contributed by atoms with Gasteiger partial charge in [0.2, 0.25) is 10.0 Å². The number of benzene rings is 1. The van der Waals surface area contributed by atoms with Crippen LogP contribution in [0.1, 0.15) is 19.8 Å². The zero-order chi connectivity index (χ0) is 13.5. The second kappa shape index (κ2) is 4.57. The van der Waals surface area contributed by atoms with E-state index in [-0.39, 0.29) is 4.90 Å². The molecule has 0 unspecified atom stereocenters. The highest BCUT2D eigenvalue weighted by Gasteiger charge is 2.30. The summed E-state index contributed by atoms with van der Waals surface area (Å²) >= 11 is 0. The molecular weight excluding hydrogens is 266 g/mol. The smallest absolute Gasteiger partial charge is 0.243 e. The normalized spacial score (nSPS) is 21.8. The third-order valence-corrected chi connectivity index (χ3v) is 5.38. The van der Waals surface area contributed by atoms with Gasteiger partial charge in [-0.25, -0.2) is 13.0 Å². The molecule has 1 aromatic carbocycles. The third kappa shape index (κ3) is 2.12. The minimum atomic E-state index is -3.52. The molecule has 102 valence electrons. The Labute approximate surface area is 111 Å². The Morgan fingerprint density at radius 2 is 2.21 bits per heavy atom. The molecule has 1 atom stereocenters. The predicted octanol–water partition coefficient (Wildman–Crippen LogP) is 1.64. The van der Waals surface area contributed by atoms with Crippen LogP contribution in [-0.2, 0) is 10.0 Å². The molecule has 0 N–H and O–H groups in total. The molecule has 6 nitrogen and oxygen atoms in total. The van der Waals surface area contributed by atoms with Crippen LogP contribution >= 0.6 is 0 Å². The van der Waals surface area contributed by atoms with Crippen molar-refractivity contribution in [2.75, 3.05) is 13.1 Å². The van der Waals surface area contributed by atoms with Gasteiger partial charge in [-0.1, -0.05) is 13.0 Å². The lowest BCUT2D eigenvalue weighted by atomic mass is 10.0. The zero-order valence-electron chi connectivity index (χ0n) is 10.6. The first-order chi connectivity index (χ1) is 9.09. The zero-order valence-corrected chi connectivity index (χ0v) is 11.4. The summed E-state index contributed by atoms with van der Waals surface area (Å²) in [6.07, 6.45) is 1.97. The highest BCUT2D eigenvalue weighted by atomic mass is 32.2. The van der Waals surface area contributed by atoms with Crippen LogP contribution in [0.4, 0.5) is 0 Å². The van der Waals surface area contributed by atoms with Crippen molar-refractivity contribution >= 4 is 21.1 Å². The van der Waals surface area contributed by atoms with E-state index in [0.29, 0.717) is 30.0 Å². The maximum atomic E-state index is 12.7. The number of nitrogens with zero attached hydrogens (tertiary/aromatic N) is 3. The van der Waals surface area contributed by atoms with Gasteiger partial charge < -0.3 is 0 Å². The lowest BCUT2D eigenvalue weighted by molar-refractivity contribution is 0.281. The minimum Gasteiger partial charge on any atom is -0.243 e. The summed E-state index contributed by atoms with van der Waals surface area (Å²) in [7, 11) is -3.52. The van der Waals surface area contributed by atoms with E-state index >= 15 is 0 Å². The lowest BCUT2D eigenvalue weighted by Gasteiger charge is -2.29. The van der Waals surface area contributed by atoms with Crippen LogP contribution in [0.15, 0.2) is 27.7 Å². The molecule has 1 fully saturated rings.